The van der Waals surface area contributed by atoms with Crippen LogP contribution in [0.15, 0.2) is 0 Å². The number of unbranched alkanes of at least 4 members (excludes halogenated alkanes) is 25. The smallest absolute Gasteiger partial charge is 0.246 e. The largest absolute Gasteiger partial charge is 0.394 e. The summed E-state index contributed by atoms with van der Waals surface area (Å²) < 4.78 is 6.33. The van der Waals surface area contributed by atoms with Gasteiger partial charge in [0.25, 0.3) is 0 Å². The Bertz CT molecular complexity index is 1050. The number of nitrogens with one attached hydrogen (secondary N) is 2. The van der Waals surface area contributed by atoms with Crippen molar-refractivity contribution in [3.63, 3.8) is 0 Å². The number of hydrogen-bond acceptors (Lipinski definition) is 8. The molecule has 0 aromatic rings. The quantitative estimate of drug-likeness (QED) is 0.0266. The zero-order valence-corrected chi connectivity index (χ0v) is 38.1. The molecule has 58 heavy (non-hydrogen) atoms. The molecular weight excluding hydrogens is 733 g/mol. The Morgan fingerprint density at radius 3 is 1.48 bits per heavy atom. The van der Waals surface area contributed by atoms with Crippen LogP contribution < -0.4 is 16.4 Å². The van der Waals surface area contributed by atoms with Gasteiger partial charge in [-0.1, -0.05) is 188 Å². The number of aliphatic hydroxyl groups excluding tert-OH is 3. The van der Waals surface area contributed by atoms with Crippen LogP contribution in [-0.2, 0) is 19.1 Å². The van der Waals surface area contributed by atoms with E-state index < -0.39 is 54.7 Å². The third-order valence-electron chi connectivity index (χ3n) is 11.8. The molecule has 0 aromatic heterocycles. The lowest BCUT2D eigenvalue weighted by atomic mass is 9.95. The zero-order chi connectivity index (χ0) is 43.0. The minimum atomic E-state index is -1.83. The molecule has 11 nitrogen and oxygen atoms in total. The van der Waals surface area contributed by atoms with E-state index in [1.807, 2.05) is 13.8 Å². The van der Waals surface area contributed by atoms with Crippen molar-refractivity contribution in [3.05, 3.63) is 0 Å². The number of nitrogens with two attached hydrogens (primary N) is 1. The summed E-state index contributed by atoms with van der Waals surface area (Å²) >= 11 is 0. The molecule has 342 valence electrons. The fourth-order valence-electron chi connectivity index (χ4n) is 8.17. The number of ether oxygens (including phenoxy) is 1. The minimum Gasteiger partial charge on any atom is -0.394 e. The number of amides is 3. The molecule has 11 heteroatoms. The Morgan fingerprint density at radius 2 is 1.09 bits per heavy atom. The Balaban J connectivity index is 2.98. The van der Waals surface area contributed by atoms with Gasteiger partial charge in [-0.3, -0.25) is 19.3 Å². The molecule has 7 N–H and O–H groups in total. The molecule has 0 saturated carbocycles. The van der Waals surface area contributed by atoms with E-state index in [0.29, 0.717) is 19.3 Å². The molecule has 0 aliphatic carbocycles. The summed E-state index contributed by atoms with van der Waals surface area (Å²) in [5.41, 5.74) is 5.84. The van der Waals surface area contributed by atoms with Gasteiger partial charge in [-0.2, -0.15) is 0 Å². The number of carbonyl (C=O) groups excluding carboxylic acids is 3. The molecule has 6 atom stereocenters. The van der Waals surface area contributed by atoms with Crippen LogP contribution in [0.1, 0.15) is 227 Å². The van der Waals surface area contributed by atoms with Crippen molar-refractivity contribution in [3.8, 4) is 0 Å². The van der Waals surface area contributed by atoms with Crippen LogP contribution in [0, 0.1) is 5.92 Å². The van der Waals surface area contributed by atoms with E-state index in [0.717, 1.165) is 38.5 Å². The standard InChI is InChI=1S/C47H92N4O7/c1-6-8-10-12-14-16-18-20-21-22-23-25-27-29-31-33-43(54)51(34-32-30-28-26-24-19-17-15-13-11-9-7-2)47(36-41(53)44(55)42(37-52)58-47)50-46(57)40(35-38(3)4)49-45(56)39(5)48/h38-42,44,52-53,55H,6-37,48H2,1-5H3,(H,49,56)(H,50,57)/t39-,40-,41+,42+,44-,47-/m0/s1. The van der Waals surface area contributed by atoms with Crippen LogP contribution in [-0.4, -0.2) is 87.3 Å². The maximum Gasteiger partial charge on any atom is 0.246 e. The van der Waals surface area contributed by atoms with Gasteiger partial charge >= 0.3 is 0 Å². The third kappa shape index (κ3) is 23.9. The Hall–Kier alpha value is -1.79. The number of aliphatic hydroxyl groups is 3. The van der Waals surface area contributed by atoms with Crippen LogP contribution in [0.25, 0.3) is 0 Å². The normalized spacial score (nSPS) is 20.6. The average Bonchev–Trinajstić information content (AvgIpc) is 3.18. The van der Waals surface area contributed by atoms with Crippen molar-refractivity contribution >= 4 is 17.7 Å². The summed E-state index contributed by atoms with van der Waals surface area (Å²) in [4.78, 5) is 42.6. The second kappa shape index (κ2) is 33.9. The van der Waals surface area contributed by atoms with Crippen LogP contribution in [0.4, 0.5) is 0 Å². The molecule has 1 aliphatic heterocycles. The van der Waals surface area contributed by atoms with E-state index in [9.17, 15) is 29.7 Å². The number of hydrogen-bond donors (Lipinski definition) is 6. The lowest BCUT2D eigenvalue weighted by molar-refractivity contribution is -0.280. The Labute approximate surface area is 355 Å². The SMILES string of the molecule is CCCCCCCCCCCCCCCCCC(=O)N(CCCCCCCCCCCCCC)[C@@]1(NC(=O)[C@H](CC(C)C)NC(=O)[C@H](C)N)C[C@@H](O)[C@H](O)[C@@H](CO)O1. The van der Waals surface area contributed by atoms with Gasteiger partial charge < -0.3 is 36.4 Å². The average molecular weight is 825 g/mol. The van der Waals surface area contributed by atoms with Crippen LogP contribution in [0.5, 0.6) is 0 Å². The van der Waals surface area contributed by atoms with Crippen molar-refractivity contribution in [1.29, 1.82) is 0 Å². The van der Waals surface area contributed by atoms with Gasteiger partial charge in [0.05, 0.1) is 18.8 Å². The van der Waals surface area contributed by atoms with E-state index in [1.165, 1.54) is 127 Å². The van der Waals surface area contributed by atoms with E-state index in [1.54, 1.807) is 6.92 Å². The van der Waals surface area contributed by atoms with Gasteiger partial charge in [-0.05, 0) is 32.1 Å². The molecule has 0 bridgehead atoms. The van der Waals surface area contributed by atoms with Crippen molar-refractivity contribution < 1.29 is 34.4 Å². The first-order valence-corrected chi connectivity index (χ1v) is 24.3. The summed E-state index contributed by atoms with van der Waals surface area (Å²) in [6.07, 6.45) is 28.5. The summed E-state index contributed by atoms with van der Waals surface area (Å²) in [5, 5.41) is 37.8. The molecular formula is C47H92N4O7. The highest BCUT2D eigenvalue weighted by Crippen LogP contribution is 2.33. The summed E-state index contributed by atoms with van der Waals surface area (Å²) in [6.45, 7) is 9.57. The zero-order valence-electron chi connectivity index (χ0n) is 38.1. The summed E-state index contributed by atoms with van der Waals surface area (Å²) in [5.74, 6) is -3.07. The lowest BCUT2D eigenvalue weighted by Gasteiger charge is -2.51. The molecule has 1 aliphatic rings. The molecule has 0 aromatic carbocycles. The van der Waals surface area contributed by atoms with Gasteiger partial charge in [0.15, 0.2) is 0 Å². The first-order valence-electron chi connectivity index (χ1n) is 24.3. The number of rotatable bonds is 37. The van der Waals surface area contributed by atoms with Gasteiger partial charge in [0, 0.05) is 19.4 Å². The van der Waals surface area contributed by atoms with Crippen LogP contribution >= 0.6 is 0 Å². The molecule has 3 amide bonds. The molecule has 1 fully saturated rings. The van der Waals surface area contributed by atoms with Crippen molar-refractivity contribution in [1.82, 2.24) is 15.5 Å². The van der Waals surface area contributed by atoms with Crippen LogP contribution in [0.2, 0.25) is 0 Å². The van der Waals surface area contributed by atoms with Crippen molar-refractivity contribution in [2.75, 3.05) is 13.2 Å². The molecule has 0 radical (unpaired) electrons. The third-order valence-corrected chi connectivity index (χ3v) is 11.8. The highest BCUT2D eigenvalue weighted by atomic mass is 16.6. The Morgan fingerprint density at radius 1 is 0.672 bits per heavy atom. The van der Waals surface area contributed by atoms with Gasteiger partial charge in [-0.25, -0.2) is 0 Å². The number of nitrogens with zero attached hydrogens (tertiary/aromatic N) is 1. The fraction of sp³-hybridized carbons (Fsp3) is 0.936. The highest BCUT2D eigenvalue weighted by molar-refractivity contribution is 5.90. The lowest BCUT2D eigenvalue weighted by Crippen LogP contribution is -2.72. The first kappa shape index (κ1) is 54.2. The highest BCUT2D eigenvalue weighted by Gasteiger charge is 2.52. The maximum atomic E-state index is 14.3. The molecule has 1 heterocycles. The molecule has 0 spiro atoms. The second-order valence-electron chi connectivity index (χ2n) is 18.0. The van der Waals surface area contributed by atoms with Gasteiger partial charge in [0.1, 0.15) is 18.2 Å². The Kier molecular flexibility index (Phi) is 31.7. The van der Waals surface area contributed by atoms with Crippen molar-refractivity contribution in [2.24, 2.45) is 11.7 Å². The maximum absolute atomic E-state index is 14.3. The molecule has 1 rings (SSSR count). The predicted molar refractivity (Wildman–Crippen MR) is 237 cm³/mol. The monoisotopic (exact) mass is 825 g/mol. The van der Waals surface area contributed by atoms with Crippen molar-refractivity contribution in [2.45, 2.75) is 263 Å². The summed E-state index contributed by atoms with van der Waals surface area (Å²) in [7, 11) is 0. The first-order chi connectivity index (χ1) is 27.9. The topological polar surface area (TPSA) is 174 Å². The minimum absolute atomic E-state index is 0.0360. The molecule has 0 unspecified atom stereocenters. The van der Waals surface area contributed by atoms with Crippen LogP contribution in [0.3, 0.4) is 0 Å². The second-order valence-corrected chi connectivity index (χ2v) is 18.0. The van der Waals surface area contributed by atoms with Gasteiger partial charge in [0.2, 0.25) is 23.6 Å². The number of carbonyl (C=O) groups is 3. The van der Waals surface area contributed by atoms with Gasteiger partial charge in [-0.15, -0.1) is 0 Å². The van der Waals surface area contributed by atoms with E-state index >= 15 is 0 Å². The molecule has 1 saturated heterocycles. The predicted octanol–water partition coefficient (Wildman–Crippen LogP) is 8.93. The van der Waals surface area contributed by atoms with E-state index in [-0.39, 0.29) is 31.2 Å². The van der Waals surface area contributed by atoms with E-state index in [2.05, 4.69) is 24.5 Å². The van der Waals surface area contributed by atoms with E-state index in [4.69, 9.17) is 10.5 Å². The summed E-state index contributed by atoms with van der Waals surface area (Å²) in [6, 6.07) is -1.81. The fourth-order valence-corrected chi connectivity index (χ4v) is 8.17.